The number of hydrogen-bond acceptors (Lipinski definition) is 3. The Hall–Kier alpha value is -2.11. The third-order valence-corrected chi connectivity index (χ3v) is 3.68. The van der Waals surface area contributed by atoms with Gasteiger partial charge >= 0.3 is 6.09 Å². The molecule has 0 fully saturated rings. The minimum absolute atomic E-state index is 0.150. The van der Waals surface area contributed by atoms with E-state index in [-0.39, 0.29) is 6.54 Å². The first-order valence-electron chi connectivity index (χ1n) is 6.32. The first-order chi connectivity index (χ1) is 10.4. The van der Waals surface area contributed by atoms with E-state index in [1.165, 1.54) is 7.05 Å². The number of benzene rings is 2. The molecule has 0 saturated carbocycles. The van der Waals surface area contributed by atoms with Gasteiger partial charge in [-0.2, -0.15) is 0 Å². The lowest BCUT2D eigenvalue weighted by Crippen LogP contribution is -2.24. The van der Waals surface area contributed by atoms with Gasteiger partial charge in [0.1, 0.15) is 11.5 Å². The Labute approximate surface area is 137 Å². The SMILES string of the molecule is CN(Cc1cc(N)ccc1Oc1ccc(Cl)c(Cl)c1)C(=O)O. The second kappa shape index (κ2) is 6.77. The van der Waals surface area contributed by atoms with Gasteiger partial charge < -0.3 is 20.5 Å². The number of carboxylic acid groups (broad SMARTS) is 1. The minimum Gasteiger partial charge on any atom is -0.465 e. The molecule has 0 saturated heterocycles. The van der Waals surface area contributed by atoms with E-state index >= 15 is 0 Å². The van der Waals surface area contributed by atoms with Gasteiger partial charge in [-0.25, -0.2) is 4.79 Å². The van der Waals surface area contributed by atoms with Gasteiger partial charge in [-0.15, -0.1) is 0 Å². The molecule has 1 amide bonds. The third kappa shape index (κ3) is 3.96. The normalized spacial score (nSPS) is 10.3. The van der Waals surface area contributed by atoms with E-state index in [1.54, 1.807) is 36.4 Å². The van der Waals surface area contributed by atoms with Crippen LogP contribution in [0.3, 0.4) is 0 Å². The summed E-state index contributed by atoms with van der Waals surface area (Å²) < 4.78 is 5.76. The van der Waals surface area contributed by atoms with Crippen molar-refractivity contribution in [1.82, 2.24) is 4.90 Å². The highest BCUT2D eigenvalue weighted by molar-refractivity contribution is 6.42. The van der Waals surface area contributed by atoms with Gasteiger partial charge in [0.05, 0.1) is 16.6 Å². The largest absolute Gasteiger partial charge is 0.465 e. The lowest BCUT2D eigenvalue weighted by Gasteiger charge is -2.17. The van der Waals surface area contributed by atoms with E-state index in [1.807, 2.05) is 0 Å². The Bertz CT molecular complexity index is 707. The number of ether oxygens (including phenoxy) is 1. The Morgan fingerprint density at radius 2 is 1.95 bits per heavy atom. The number of nitrogen functional groups attached to an aromatic ring is 1. The van der Waals surface area contributed by atoms with Gasteiger partial charge in [-0.1, -0.05) is 23.2 Å². The second-order valence-electron chi connectivity index (χ2n) is 4.68. The summed E-state index contributed by atoms with van der Waals surface area (Å²) in [4.78, 5) is 12.1. The van der Waals surface area contributed by atoms with Crippen molar-refractivity contribution in [3.05, 3.63) is 52.0 Å². The molecule has 2 aromatic rings. The van der Waals surface area contributed by atoms with Crippen LogP contribution in [-0.2, 0) is 6.54 Å². The smallest absolute Gasteiger partial charge is 0.407 e. The molecule has 0 aliphatic heterocycles. The number of nitrogens with two attached hydrogens (primary N) is 1. The average molecular weight is 341 g/mol. The topological polar surface area (TPSA) is 75.8 Å². The molecule has 0 spiro atoms. The molecule has 0 aromatic heterocycles. The van der Waals surface area contributed by atoms with Crippen molar-refractivity contribution in [2.75, 3.05) is 12.8 Å². The molecular formula is C15H14Cl2N2O3. The lowest BCUT2D eigenvalue weighted by molar-refractivity contribution is 0.153. The summed E-state index contributed by atoms with van der Waals surface area (Å²) in [6.07, 6.45) is -1.04. The Morgan fingerprint density at radius 3 is 2.59 bits per heavy atom. The van der Waals surface area contributed by atoms with Crippen molar-refractivity contribution < 1.29 is 14.6 Å². The molecule has 0 bridgehead atoms. The standard InChI is InChI=1S/C15H14Cl2N2O3/c1-19(15(20)21)8-9-6-10(18)2-5-14(9)22-11-3-4-12(16)13(17)7-11/h2-7H,8,18H2,1H3,(H,20,21). The summed E-state index contributed by atoms with van der Waals surface area (Å²) in [6.45, 7) is 0.150. The molecule has 0 aliphatic rings. The third-order valence-electron chi connectivity index (χ3n) is 2.94. The molecule has 0 unspecified atom stereocenters. The van der Waals surface area contributed by atoms with E-state index < -0.39 is 6.09 Å². The van der Waals surface area contributed by atoms with Crippen LogP contribution >= 0.6 is 23.2 Å². The van der Waals surface area contributed by atoms with Crippen molar-refractivity contribution >= 4 is 35.0 Å². The minimum atomic E-state index is -1.04. The summed E-state index contributed by atoms with van der Waals surface area (Å²) >= 11 is 11.8. The van der Waals surface area contributed by atoms with Crippen LogP contribution in [0.1, 0.15) is 5.56 Å². The second-order valence-corrected chi connectivity index (χ2v) is 5.50. The predicted molar refractivity (Wildman–Crippen MR) is 86.9 cm³/mol. The van der Waals surface area contributed by atoms with Crippen molar-refractivity contribution in [3.63, 3.8) is 0 Å². The maximum atomic E-state index is 11.0. The number of amides is 1. The maximum Gasteiger partial charge on any atom is 0.407 e. The Balaban J connectivity index is 2.29. The summed E-state index contributed by atoms with van der Waals surface area (Å²) in [7, 11) is 1.47. The molecule has 2 aromatic carbocycles. The number of hydrogen-bond donors (Lipinski definition) is 2. The van der Waals surface area contributed by atoms with Gasteiger partial charge in [0.25, 0.3) is 0 Å². The number of anilines is 1. The Morgan fingerprint density at radius 1 is 1.23 bits per heavy atom. The zero-order chi connectivity index (χ0) is 16.3. The number of halogens is 2. The molecule has 3 N–H and O–H groups in total. The van der Waals surface area contributed by atoms with Crippen LogP contribution in [0, 0.1) is 0 Å². The zero-order valence-corrected chi connectivity index (χ0v) is 13.2. The predicted octanol–water partition coefficient (Wildman–Crippen LogP) is 4.48. The number of carbonyl (C=O) groups is 1. The molecule has 0 atom stereocenters. The number of rotatable bonds is 4. The quantitative estimate of drug-likeness (QED) is 0.804. The fraction of sp³-hybridized carbons (Fsp3) is 0.133. The summed E-state index contributed by atoms with van der Waals surface area (Å²) in [5, 5.41) is 9.78. The van der Waals surface area contributed by atoms with Crippen molar-refractivity contribution in [2.45, 2.75) is 6.54 Å². The monoisotopic (exact) mass is 340 g/mol. The van der Waals surface area contributed by atoms with Gasteiger partial charge in [0.2, 0.25) is 0 Å². The van der Waals surface area contributed by atoms with Crippen LogP contribution in [0.4, 0.5) is 10.5 Å². The lowest BCUT2D eigenvalue weighted by atomic mass is 10.1. The van der Waals surface area contributed by atoms with Gasteiger partial charge in [-0.05, 0) is 30.3 Å². The first-order valence-corrected chi connectivity index (χ1v) is 7.08. The highest BCUT2D eigenvalue weighted by Gasteiger charge is 2.12. The van der Waals surface area contributed by atoms with Crippen LogP contribution in [-0.4, -0.2) is 23.1 Å². The van der Waals surface area contributed by atoms with Crippen molar-refractivity contribution in [3.8, 4) is 11.5 Å². The van der Waals surface area contributed by atoms with E-state index in [0.29, 0.717) is 32.8 Å². The zero-order valence-electron chi connectivity index (χ0n) is 11.7. The van der Waals surface area contributed by atoms with Crippen LogP contribution in [0.5, 0.6) is 11.5 Å². The van der Waals surface area contributed by atoms with E-state index in [4.69, 9.17) is 38.8 Å². The van der Waals surface area contributed by atoms with Gasteiger partial charge in [-0.3, -0.25) is 0 Å². The van der Waals surface area contributed by atoms with Crippen LogP contribution in [0.25, 0.3) is 0 Å². The number of nitrogens with zero attached hydrogens (tertiary/aromatic N) is 1. The van der Waals surface area contributed by atoms with Gasteiger partial charge in [0, 0.05) is 24.4 Å². The molecular weight excluding hydrogens is 327 g/mol. The average Bonchev–Trinajstić information content (AvgIpc) is 2.45. The maximum absolute atomic E-state index is 11.0. The Kier molecular flexibility index (Phi) is 5.00. The summed E-state index contributed by atoms with van der Waals surface area (Å²) in [5.41, 5.74) is 6.93. The molecule has 7 heteroatoms. The fourth-order valence-electron chi connectivity index (χ4n) is 1.81. The fourth-order valence-corrected chi connectivity index (χ4v) is 2.10. The van der Waals surface area contributed by atoms with Gasteiger partial charge in [0.15, 0.2) is 0 Å². The van der Waals surface area contributed by atoms with Crippen LogP contribution < -0.4 is 10.5 Å². The first kappa shape index (κ1) is 16.3. The highest BCUT2D eigenvalue weighted by atomic mass is 35.5. The van der Waals surface area contributed by atoms with E-state index in [0.717, 1.165) is 4.90 Å². The summed E-state index contributed by atoms with van der Waals surface area (Å²) in [6, 6.07) is 9.92. The molecule has 5 nitrogen and oxygen atoms in total. The van der Waals surface area contributed by atoms with Crippen molar-refractivity contribution in [1.29, 1.82) is 0 Å². The molecule has 0 radical (unpaired) electrons. The van der Waals surface area contributed by atoms with Crippen molar-refractivity contribution in [2.24, 2.45) is 0 Å². The molecule has 2 rings (SSSR count). The van der Waals surface area contributed by atoms with Crippen LogP contribution in [0.2, 0.25) is 10.0 Å². The van der Waals surface area contributed by atoms with E-state index in [9.17, 15) is 4.79 Å². The molecule has 0 heterocycles. The molecule has 0 aliphatic carbocycles. The van der Waals surface area contributed by atoms with Crippen LogP contribution in [0.15, 0.2) is 36.4 Å². The summed E-state index contributed by atoms with van der Waals surface area (Å²) in [5.74, 6) is 0.999. The molecule has 22 heavy (non-hydrogen) atoms. The highest BCUT2D eigenvalue weighted by Crippen LogP contribution is 2.32. The van der Waals surface area contributed by atoms with E-state index in [2.05, 4.69) is 0 Å². The molecule has 116 valence electrons.